The van der Waals surface area contributed by atoms with Crippen LogP contribution in [0.1, 0.15) is 50.0 Å². The number of nitrogens with zero attached hydrogens (tertiary/aromatic N) is 2. The van der Waals surface area contributed by atoms with Crippen LogP contribution in [0.4, 0.5) is 0 Å². The molecule has 94 valence electrons. The Morgan fingerprint density at radius 3 is 2.88 bits per heavy atom. The second kappa shape index (κ2) is 5.78. The molecule has 0 radical (unpaired) electrons. The molecule has 0 aliphatic heterocycles. The summed E-state index contributed by atoms with van der Waals surface area (Å²) >= 11 is 6.03. The molecule has 0 aromatic carbocycles. The molecule has 17 heavy (non-hydrogen) atoms. The first-order valence-electron chi connectivity index (χ1n) is 6.25. The summed E-state index contributed by atoms with van der Waals surface area (Å²) in [6, 6.07) is 1.78. The molecule has 1 saturated carbocycles. The van der Waals surface area contributed by atoms with Crippen LogP contribution in [-0.4, -0.2) is 17.1 Å². The van der Waals surface area contributed by atoms with Crippen molar-refractivity contribution in [2.45, 2.75) is 45.1 Å². The van der Waals surface area contributed by atoms with Crippen LogP contribution in [0.15, 0.2) is 6.07 Å². The van der Waals surface area contributed by atoms with Crippen LogP contribution in [0.5, 0.6) is 0 Å². The number of ether oxygens (including phenoxy) is 1. The second-order valence-corrected chi connectivity index (χ2v) is 5.14. The molecule has 2 unspecified atom stereocenters. The van der Waals surface area contributed by atoms with Crippen LogP contribution in [0.25, 0.3) is 0 Å². The summed E-state index contributed by atoms with van der Waals surface area (Å²) in [6.45, 7) is 2.75. The molecule has 1 heterocycles. The van der Waals surface area contributed by atoms with Gasteiger partial charge in [0.25, 0.3) is 0 Å². The first kappa shape index (κ1) is 12.8. The average Bonchev–Trinajstić information content (AvgIpc) is 2.77. The summed E-state index contributed by atoms with van der Waals surface area (Å²) in [5, 5.41) is 0.530. The molecule has 1 aromatic heterocycles. The van der Waals surface area contributed by atoms with E-state index in [2.05, 4.69) is 16.9 Å². The molecule has 1 aliphatic rings. The molecule has 0 saturated heterocycles. The lowest BCUT2D eigenvalue weighted by molar-refractivity contribution is 0.181. The molecule has 4 heteroatoms. The zero-order valence-corrected chi connectivity index (χ0v) is 11.2. The molecular weight excluding hydrogens is 236 g/mol. The van der Waals surface area contributed by atoms with E-state index >= 15 is 0 Å². The van der Waals surface area contributed by atoms with Gasteiger partial charge in [-0.3, -0.25) is 0 Å². The van der Waals surface area contributed by atoms with Gasteiger partial charge in [-0.05, 0) is 31.2 Å². The van der Waals surface area contributed by atoms with E-state index in [0.717, 1.165) is 17.4 Å². The third-order valence-electron chi connectivity index (χ3n) is 3.54. The molecule has 0 spiro atoms. The highest BCUT2D eigenvalue weighted by Crippen LogP contribution is 2.38. The van der Waals surface area contributed by atoms with E-state index in [1.165, 1.54) is 25.7 Å². The SMILES string of the molecule is CCC1CCC(c2nc(Cl)cc(COC)n2)C1. The largest absolute Gasteiger partial charge is 0.378 e. The first-order chi connectivity index (χ1) is 8.22. The molecule has 0 bridgehead atoms. The van der Waals surface area contributed by atoms with Gasteiger partial charge in [-0.15, -0.1) is 0 Å². The lowest BCUT2D eigenvalue weighted by Crippen LogP contribution is -2.05. The van der Waals surface area contributed by atoms with Crippen LogP contribution in [0.3, 0.4) is 0 Å². The van der Waals surface area contributed by atoms with E-state index in [9.17, 15) is 0 Å². The fraction of sp³-hybridized carbons (Fsp3) is 0.692. The van der Waals surface area contributed by atoms with Gasteiger partial charge < -0.3 is 4.74 Å². The molecule has 3 nitrogen and oxygen atoms in total. The number of halogens is 1. The van der Waals surface area contributed by atoms with Crippen molar-refractivity contribution in [3.05, 3.63) is 22.7 Å². The van der Waals surface area contributed by atoms with Crippen molar-refractivity contribution < 1.29 is 4.74 Å². The fourth-order valence-electron chi connectivity index (χ4n) is 2.57. The smallest absolute Gasteiger partial charge is 0.133 e. The maximum atomic E-state index is 6.03. The van der Waals surface area contributed by atoms with Crippen LogP contribution in [-0.2, 0) is 11.3 Å². The lowest BCUT2D eigenvalue weighted by Gasteiger charge is -2.10. The molecule has 0 amide bonds. The molecular formula is C13H19ClN2O. The predicted octanol–water partition coefficient (Wildman–Crippen LogP) is 3.57. The maximum absolute atomic E-state index is 6.03. The summed E-state index contributed by atoms with van der Waals surface area (Å²) in [5.74, 6) is 2.21. The van der Waals surface area contributed by atoms with Gasteiger partial charge in [-0.1, -0.05) is 24.9 Å². The Bertz CT molecular complexity index is 384. The number of rotatable bonds is 4. The minimum Gasteiger partial charge on any atom is -0.378 e. The Balaban J connectivity index is 2.15. The lowest BCUT2D eigenvalue weighted by atomic mass is 10.0. The Labute approximate surface area is 108 Å². The Morgan fingerprint density at radius 2 is 2.24 bits per heavy atom. The standard InChI is InChI=1S/C13H19ClN2O/c1-3-9-4-5-10(6-9)13-15-11(8-17-2)7-12(14)16-13/h7,9-10H,3-6,8H2,1-2H3. The van der Waals surface area contributed by atoms with Crippen molar-refractivity contribution >= 4 is 11.6 Å². The summed E-state index contributed by atoms with van der Waals surface area (Å²) in [7, 11) is 1.67. The molecule has 1 fully saturated rings. The summed E-state index contributed by atoms with van der Waals surface area (Å²) in [5.41, 5.74) is 0.877. The van der Waals surface area contributed by atoms with Crippen molar-refractivity contribution in [1.29, 1.82) is 0 Å². The highest BCUT2D eigenvalue weighted by atomic mass is 35.5. The van der Waals surface area contributed by atoms with Crippen molar-refractivity contribution in [3.63, 3.8) is 0 Å². The average molecular weight is 255 g/mol. The second-order valence-electron chi connectivity index (χ2n) is 4.76. The van der Waals surface area contributed by atoms with Crippen LogP contribution in [0.2, 0.25) is 5.15 Å². The maximum Gasteiger partial charge on any atom is 0.133 e. The van der Waals surface area contributed by atoms with E-state index in [-0.39, 0.29) is 0 Å². The van der Waals surface area contributed by atoms with Gasteiger partial charge in [0.15, 0.2) is 0 Å². The number of hydrogen-bond donors (Lipinski definition) is 0. The highest BCUT2D eigenvalue weighted by molar-refractivity contribution is 6.29. The van der Waals surface area contributed by atoms with Crippen LogP contribution < -0.4 is 0 Å². The zero-order chi connectivity index (χ0) is 12.3. The molecule has 2 atom stereocenters. The van der Waals surface area contributed by atoms with Crippen molar-refractivity contribution in [2.24, 2.45) is 5.92 Å². The summed E-state index contributed by atoms with van der Waals surface area (Å²) in [6.07, 6.45) is 4.92. The van der Waals surface area contributed by atoms with Gasteiger partial charge in [-0.25, -0.2) is 9.97 Å². The topological polar surface area (TPSA) is 35.0 Å². The van der Waals surface area contributed by atoms with Gasteiger partial charge in [0.05, 0.1) is 12.3 Å². The van der Waals surface area contributed by atoms with Crippen molar-refractivity contribution in [1.82, 2.24) is 9.97 Å². The Kier molecular flexibility index (Phi) is 4.35. The number of hydrogen-bond acceptors (Lipinski definition) is 3. The molecule has 1 aromatic rings. The van der Waals surface area contributed by atoms with Gasteiger partial charge in [0, 0.05) is 13.0 Å². The first-order valence-corrected chi connectivity index (χ1v) is 6.63. The molecule has 2 rings (SSSR count). The monoisotopic (exact) mass is 254 g/mol. The molecule has 0 N–H and O–H groups in total. The molecule has 1 aliphatic carbocycles. The Hall–Kier alpha value is -0.670. The van der Waals surface area contributed by atoms with E-state index in [1.807, 2.05) is 0 Å². The summed E-state index contributed by atoms with van der Waals surface area (Å²) < 4.78 is 5.09. The van der Waals surface area contributed by atoms with E-state index in [0.29, 0.717) is 17.7 Å². The number of methoxy groups -OCH3 is 1. The quantitative estimate of drug-likeness (QED) is 0.771. The summed E-state index contributed by atoms with van der Waals surface area (Å²) in [4.78, 5) is 8.92. The van der Waals surface area contributed by atoms with Crippen LogP contribution in [0, 0.1) is 5.92 Å². The third-order valence-corrected chi connectivity index (χ3v) is 3.73. The minimum absolute atomic E-state index is 0.481. The Morgan fingerprint density at radius 1 is 1.41 bits per heavy atom. The van der Waals surface area contributed by atoms with Gasteiger partial charge in [0.2, 0.25) is 0 Å². The normalized spacial score (nSPS) is 24.2. The minimum atomic E-state index is 0.481. The third kappa shape index (κ3) is 3.17. The zero-order valence-electron chi connectivity index (χ0n) is 10.4. The van der Waals surface area contributed by atoms with Gasteiger partial charge >= 0.3 is 0 Å². The highest BCUT2D eigenvalue weighted by Gasteiger charge is 2.27. The number of aromatic nitrogens is 2. The van der Waals surface area contributed by atoms with Crippen molar-refractivity contribution in [3.8, 4) is 0 Å². The van der Waals surface area contributed by atoms with Gasteiger partial charge in [0.1, 0.15) is 11.0 Å². The fourth-order valence-corrected chi connectivity index (χ4v) is 2.78. The van der Waals surface area contributed by atoms with Crippen LogP contribution >= 0.6 is 11.6 Å². The van der Waals surface area contributed by atoms with E-state index < -0.39 is 0 Å². The van der Waals surface area contributed by atoms with E-state index in [4.69, 9.17) is 16.3 Å². The predicted molar refractivity (Wildman–Crippen MR) is 68.1 cm³/mol. The van der Waals surface area contributed by atoms with Crippen molar-refractivity contribution in [2.75, 3.05) is 7.11 Å². The van der Waals surface area contributed by atoms with E-state index in [1.54, 1.807) is 13.2 Å². The van der Waals surface area contributed by atoms with Gasteiger partial charge in [-0.2, -0.15) is 0 Å².